The van der Waals surface area contributed by atoms with Crippen molar-refractivity contribution in [3.63, 3.8) is 0 Å². The van der Waals surface area contributed by atoms with E-state index in [-0.39, 0.29) is 18.0 Å². The second-order valence-electron chi connectivity index (χ2n) is 9.01. The van der Waals surface area contributed by atoms with Crippen molar-refractivity contribution in [2.24, 2.45) is 17.8 Å². The molecule has 2 bridgehead atoms. The Bertz CT molecular complexity index is 813. The van der Waals surface area contributed by atoms with Crippen LogP contribution in [0.5, 0.6) is 0 Å². The van der Waals surface area contributed by atoms with Gasteiger partial charge in [-0.15, -0.1) is 0 Å². The Kier molecular flexibility index (Phi) is 5.45. The molecule has 4 heterocycles. The maximum Gasteiger partial charge on any atom is 0.250 e. The SMILES string of the molecule is C[C@@H]1C[C@@H](C)CN(C(=O)CNC(=S)N2C[C@H]3C[C@@H](C2)c2cccc(=O)n2C3)C1. The van der Waals surface area contributed by atoms with Gasteiger partial charge in [-0.25, -0.2) is 0 Å². The number of likely N-dealkylation sites (tertiary alicyclic amines) is 2. The zero-order valence-electron chi connectivity index (χ0n) is 16.8. The molecular weight excluding hydrogens is 372 g/mol. The van der Waals surface area contributed by atoms with Crippen LogP contribution in [0.2, 0.25) is 0 Å². The predicted octanol–water partition coefficient (Wildman–Crippen LogP) is 1.65. The molecule has 0 saturated carbocycles. The molecule has 7 heteroatoms. The lowest BCUT2D eigenvalue weighted by Gasteiger charge is -2.43. The summed E-state index contributed by atoms with van der Waals surface area (Å²) in [6.45, 7) is 8.78. The summed E-state index contributed by atoms with van der Waals surface area (Å²) >= 11 is 5.62. The first-order valence-electron chi connectivity index (χ1n) is 10.4. The number of aromatic nitrogens is 1. The van der Waals surface area contributed by atoms with E-state index in [2.05, 4.69) is 30.1 Å². The largest absolute Gasteiger partial charge is 0.353 e. The third-order valence-electron chi connectivity index (χ3n) is 6.38. The predicted molar refractivity (Wildman–Crippen MR) is 113 cm³/mol. The van der Waals surface area contributed by atoms with Crippen LogP contribution in [0.15, 0.2) is 23.0 Å². The molecule has 1 aromatic heterocycles. The lowest BCUT2D eigenvalue weighted by molar-refractivity contribution is -0.132. The highest BCUT2D eigenvalue weighted by molar-refractivity contribution is 7.80. The van der Waals surface area contributed by atoms with Crippen LogP contribution in [0.3, 0.4) is 0 Å². The molecule has 0 aliphatic carbocycles. The van der Waals surface area contributed by atoms with E-state index in [4.69, 9.17) is 12.2 Å². The number of carbonyl (C=O) groups excluding carboxylic acids is 1. The van der Waals surface area contributed by atoms with Crippen LogP contribution in [-0.4, -0.2) is 58.1 Å². The minimum atomic E-state index is 0.0944. The summed E-state index contributed by atoms with van der Waals surface area (Å²) in [5.74, 6) is 2.00. The van der Waals surface area contributed by atoms with E-state index in [1.165, 1.54) is 6.42 Å². The number of carbonyl (C=O) groups is 1. The Hall–Kier alpha value is -1.89. The van der Waals surface area contributed by atoms with E-state index in [0.717, 1.165) is 44.8 Å². The molecule has 1 aromatic rings. The van der Waals surface area contributed by atoms with Gasteiger partial charge in [-0.3, -0.25) is 9.59 Å². The topological polar surface area (TPSA) is 57.6 Å². The van der Waals surface area contributed by atoms with Gasteiger partial charge in [0, 0.05) is 50.4 Å². The highest BCUT2D eigenvalue weighted by atomic mass is 32.1. The summed E-state index contributed by atoms with van der Waals surface area (Å²) in [5.41, 5.74) is 1.21. The van der Waals surface area contributed by atoms with Crippen molar-refractivity contribution in [1.29, 1.82) is 0 Å². The summed E-state index contributed by atoms with van der Waals surface area (Å²) < 4.78 is 1.93. The maximum atomic E-state index is 12.6. The zero-order valence-corrected chi connectivity index (χ0v) is 17.6. The van der Waals surface area contributed by atoms with Crippen LogP contribution < -0.4 is 10.9 Å². The maximum absolute atomic E-state index is 12.6. The second kappa shape index (κ2) is 7.85. The van der Waals surface area contributed by atoms with Gasteiger partial charge in [0.05, 0.1) is 6.54 Å². The van der Waals surface area contributed by atoms with Gasteiger partial charge in [-0.05, 0) is 48.9 Å². The monoisotopic (exact) mass is 402 g/mol. The average molecular weight is 403 g/mol. The average Bonchev–Trinajstić information content (AvgIpc) is 2.66. The lowest BCUT2D eigenvalue weighted by atomic mass is 9.83. The second-order valence-corrected chi connectivity index (χ2v) is 9.39. The third-order valence-corrected chi connectivity index (χ3v) is 6.78. The van der Waals surface area contributed by atoms with Crippen LogP contribution in [0.4, 0.5) is 0 Å². The number of amides is 1. The van der Waals surface area contributed by atoms with Crippen LogP contribution in [0, 0.1) is 17.8 Å². The van der Waals surface area contributed by atoms with Gasteiger partial charge in [0.25, 0.3) is 5.56 Å². The molecule has 0 radical (unpaired) electrons. The van der Waals surface area contributed by atoms with Crippen molar-refractivity contribution >= 4 is 23.2 Å². The molecule has 2 fully saturated rings. The van der Waals surface area contributed by atoms with Crippen LogP contribution in [-0.2, 0) is 11.3 Å². The number of hydrogen-bond donors (Lipinski definition) is 1. The summed E-state index contributed by atoms with van der Waals surface area (Å²) in [5, 5.41) is 3.86. The van der Waals surface area contributed by atoms with E-state index in [1.807, 2.05) is 15.5 Å². The fourth-order valence-electron chi connectivity index (χ4n) is 5.30. The van der Waals surface area contributed by atoms with Gasteiger partial charge in [0.15, 0.2) is 5.11 Å². The molecule has 152 valence electrons. The molecule has 2 saturated heterocycles. The van der Waals surface area contributed by atoms with Crippen molar-refractivity contribution in [2.45, 2.75) is 39.2 Å². The first-order valence-corrected chi connectivity index (χ1v) is 10.8. The van der Waals surface area contributed by atoms with Crippen LogP contribution in [0.25, 0.3) is 0 Å². The van der Waals surface area contributed by atoms with Gasteiger partial charge >= 0.3 is 0 Å². The number of rotatable bonds is 2. The summed E-state index contributed by atoms with van der Waals surface area (Å²) in [7, 11) is 0. The van der Waals surface area contributed by atoms with Crippen molar-refractivity contribution in [3.05, 3.63) is 34.2 Å². The van der Waals surface area contributed by atoms with Crippen molar-refractivity contribution < 1.29 is 4.79 Å². The highest BCUT2D eigenvalue weighted by Crippen LogP contribution is 2.34. The van der Waals surface area contributed by atoms with Gasteiger partial charge in [-0.1, -0.05) is 19.9 Å². The Labute approximate surface area is 171 Å². The molecule has 4 rings (SSSR count). The fraction of sp³-hybridized carbons (Fsp3) is 0.667. The summed E-state index contributed by atoms with van der Waals surface area (Å²) in [6.07, 6.45) is 2.29. The number of hydrogen-bond acceptors (Lipinski definition) is 3. The lowest BCUT2D eigenvalue weighted by Crippen LogP contribution is -2.53. The number of nitrogens with one attached hydrogen (secondary N) is 1. The summed E-state index contributed by atoms with van der Waals surface area (Å²) in [4.78, 5) is 28.9. The Balaban J connectivity index is 1.35. The third kappa shape index (κ3) is 3.95. The standard InChI is InChI=1S/C21H30N4O2S/c1-14-6-15(2)10-23(9-14)20(27)8-22-21(28)24-11-16-7-17(13-24)18-4-3-5-19(26)25(18)12-16/h3-5,14-17H,6-13H2,1-2H3,(H,22,28)/t14-,15-,16-,17+/m1/s1. The van der Waals surface area contributed by atoms with E-state index in [1.54, 1.807) is 6.07 Å². The van der Waals surface area contributed by atoms with Crippen molar-refractivity contribution in [1.82, 2.24) is 19.7 Å². The van der Waals surface area contributed by atoms with E-state index < -0.39 is 0 Å². The number of pyridine rings is 1. The number of nitrogens with zero attached hydrogens (tertiary/aromatic N) is 3. The van der Waals surface area contributed by atoms with E-state index >= 15 is 0 Å². The molecule has 3 aliphatic rings. The number of piperidine rings is 2. The number of thiocarbonyl (C=S) groups is 1. The molecular formula is C21H30N4O2S. The van der Waals surface area contributed by atoms with E-state index in [0.29, 0.717) is 28.8 Å². The summed E-state index contributed by atoms with van der Waals surface area (Å²) in [6, 6.07) is 5.55. The van der Waals surface area contributed by atoms with Crippen LogP contribution in [0.1, 0.15) is 38.3 Å². The molecule has 0 spiro atoms. The molecule has 4 atom stereocenters. The van der Waals surface area contributed by atoms with Crippen LogP contribution >= 0.6 is 12.2 Å². The van der Waals surface area contributed by atoms with E-state index in [9.17, 15) is 9.59 Å². The Morgan fingerprint density at radius 1 is 1.07 bits per heavy atom. The molecule has 3 aliphatic heterocycles. The smallest absolute Gasteiger partial charge is 0.250 e. The molecule has 28 heavy (non-hydrogen) atoms. The van der Waals surface area contributed by atoms with Crippen molar-refractivity contribution in [3.8, 4) is 0 Å². The quantitative estimate of drug-likeness (QED) is 0.763. The fourth-order valence-corrected chi connectivity index (χ4v) is 5.52. The molecule has 6 nitrogen and oxygen atoms in total. The molecule has 1 N–H and O–H groups in total. The first-order chi connectivity index (χ1) is 13.4. The first kappa shape index (κ1) is 19.4. The Morgan fingerprint density at radius 3 is 2.57 bits per heavy atom. The number of fused-ring (bicyclic) bond motifs is 4. The molecule has 0 aromatic carbocycles. The minimum absolute atomic E-state index is 0.0944. The van der Waals surface area contributed by atoms with Gasteiger partial charge in [0.2, 0.25) is 5.91 Å². The highest BCUT2D eigenvalue weighted by Gasteiger charge is 2.35. The molecule has 0 unspecified atom stereocenters. The van der Waals surface area contributed by atoms with Gasteiger partial charge in [0.1, 0.15) is 0 Å². The van der Waals surface area contributed by atoms with Gasteiger partial charge < -0.3 is 19.7 Å². The normalized spacial score (nSPS) is 29.2. The minimum Gasteiger partial charge on any atom is -0.353 e. The van der Waals surface area contributed by atoms with Crippen molar-refractivity contribution in [2.75, 3.05) is 32.7 Å². The molecule has 1 amide bonds. The Morgan fingerprint density at radius 2 is 1.82 bits per heavy atom. The zero-order chi connectivity index (χ0) is 19.8. The van der Waals surface area contributed by atoms with Gasteiger partial charge in [-0.2, -0.15) is 0 Å².